The fourth-order valence-electron chi connectivity index (χ4n) is 11.1. The number of hydrogen-bond acceptors (Lipinski definition) is 2. The summed E-state index contributed by atoms with van der Waals surface area (Å²) in [6.07, 6.45) is 5.00. The summed E-state index contributed by atoms with van der Waals surface area (Å²) in [5, 5.41) is 2.61. The van der Waals surface area contributed by atoms with Gasteiger partial charge in [-0.25, -0.2) is 0 Å². The molecule has 9 aromatic rings. The molecule has 1 fully saturated rings. The van der Waals surface area contributed by atoms with Crippen LogP contribution in [-0.4, -0.2) is 0 Å². The van der Waals surface area contributed by atoms with Crippen LogP contribution >= 0.6 is 11.3 Å². The molecule has 3 aliphatic rings. The van der Waals surface area contributed by atoms with E-state index in [0.717, 1.165) is 0 Å². The van der Waals surface area contributed by atoms with Gasteiger partial charge in [-0.05, 0) is 87.2 Å². The molecule has 0 aliphatic heterocycles. The summed E-state index contributed by atoms with van der Waals surface area (Å²) in [6.45, 7) is 0. The Bertz CT molecular complexity index is 2940. The van der Waals surface area contributed by atoms with E-state index in [9.17, 15) is 0 Å². The molecule has 266 valence electrons. The molecule has 2 heteroatoms. The van der Waals surface area contributed by atoms with Crippen LogP contribution in [0.5, 0.6) is 0 Å². The first-order valence-corrected chi connectivity index (χ1v) is 20.9. The van der Waals surface area contributed by atoms with Crippen molar-refractivity contribution in [3.63, 3.8) is 0 Å². The molecule has 3 aliphatic carbocycles. The van der Waals surface area contributed by atoms with Crippen molar-refractivity contribution < 1.29 is 0 Å². The van der Waals surface area contributed by atoms with Gasteiger partial charge in [0.15, 0.2) is 0 Å². The van der Waals surface area contributed by atoms with Gasteiger partial charge in [0.1, 0.15) is 0 Å². The van der Waals surface area contributed by atoms with Gasteiger partial charge in [-0.15, -0.1) is 11.3 Å². The molecular formula is C54H39NS. The molecule has 8 aromatic carbocycles. The van der Waals surface area contributed by atoms with Crippen LogP contribution in [0.4, 0.5) is 17.1 Å². The summed E-state index contributed by atoms with van der Waals surface area (Å²) in [4.78, 5) is 2.56. The largest absolute Gasteiger partial charge is 0.308 e. The van der Waals surface area contributed by atoms with Crippen LogP contribution in [0.25, 0.3) is 42.4 Å². The lowest BCUT2D eigenvalue weighted by Gasteiger charge is -2.34. The summed E-state index contributed by atoms with van der Waals surface area (Å²) in [7, 11) is 0. The highest BCUT2D eigenvalue weighted by molar-refractivity contribution is 7.26. The first-order valence-electron chi connectivity index (χ1n) is 20.1. The molecule has 0 unspecified atom stereocenters. The highest BCUT2D eigenvalue weighted by Crippen LogP contribution is 2.62. The third kappa shape index (κ3) is 4.20. The highest BCUT2D eigenvalue weighted by Gasteiger charge is 2.48. The molecule has 1 spiro atoms. The molecule has 1 aromatic heterocycles. The minimum Gasteiger partial charge on any atom is -0.308 e. The Morgan fingerprint density at radius 3 is 1.62 bits per heavy atom. The molecule has 1 nitrogen and oxygen atoms in total. The van der Waals surface area contributed by atoms with Gasteiger partial charge < -0.3 is 4.90 Å². The van der Waals surface area contributed by atoms with E-state index in [0.29, 0.717) is 0 Å². The number of benzene rings is 8. The van der Waals surface area contributed by atoms with Crippen LogP contribution in [-0.2, 0) is 10.8 Å². The minimum absolute atomic E-state index is 0.0996. The SMILES string of the molecule is c1ccc(N(c2cccc3c2-c2ccccc2C32CCCC2)c2cccc3c2sc2c(C4(c5ccccc5)c5ccccc5-c5ccccc54)cccc23)cc1. The second-order valence-electron chi connectivity index (χ2n) is 15.9. The van der Waals surface area contributed by atoms with Crippen LogP contribution in [0.3, 0.4) is 0 Å². The van der Waals surface area contributed by atoms with Crippen molar-refractivity contribution in [1.29, 1.82) is 0 Å². The van der Waals surface area contributed by atoms with E-state index >= 15 is 0 Å². The quantitative estimate of drug-likeness (QED) is 0.170. The predicted octanol–water partition coefficient (Wildman–Crippen LogP) is 14.7. The Kier molecular flexibility index (Phi) is 6.95. The molecule has 0 amide bonds. The van der Waals surface area contributed by atoms with Crippen molar-refractivity contribution in [3.8, 4) is 22.3 Å². The summed E-state index contributed by atoms with van der Waals surface area (Å²) in [6, 6.07) is 70.8. The second kappa shape index (κ2) is 12.1. The Morgan fingerprint density at radius 2 is 0.911 bits per heavy atom. The lowest BCUT2D eigenvalue weighted by atomic mass is 9.67. The van der Waals surface area contributed by atoms with E-state index in [1.165, 1.54) is 119 Å². The number of fused-ring (bicyclic) bond motifs is 11. The van der Waals surface area contributed by atoms with E-state index in [1.54, 1.807) is 0 Å². The van der Waals surface area contributed by atoms with Gasteiger partial charge >= 0.3 is 0 Å². The van der Waals surface area contributed by atoms with E-state index in [4.69, 9.17) is 0 Å². The first-order chi connectivity index (χ1) is 27.8. The molecule has 1 saturated carbocycles. The average molecular weight is 734 g/mol. The highest BCUT2D eigenvalue weighted by atomic mass is 32.1. The number of hydrogen-bond donors (Lipinski definition) is 0. The van der Waals surface area contributed by atoms with Crippen molar-refractivity contribution in [1.82, 2.24) is 0 Å². The zero-order chi connectivity index (χ0) is 36.8. The van der Waals surface area contributed by atoms with Gasteiger partial charge in [0.25, 0.3) is 0 Å². The van der Waals surface area contributed by atoms with Gasteiger partial charge in [0.05, 0.1) is 21.5 Å². The maximum atomic E-state index is 2.56. The standard InChI is InChI=1S/C54H39NS/c1-3-18-36(19-4-1)54(44-28-11-7-22-38(44)39-23-8-12-29-45(39)54)47-31-15-25-40-41-26-16-33-49(52(41)56-51(40)47)55(37-20-5-2-6-21-37)48-32-17-30-46-50(48)42-24-9-10-27-43(42)53(46)34-13-14-35-53/h1-12,15-33H,13-14,34-35H2. The maximum Gasteiger partial charge on any atom is 0.0727 e. The predicted molar refractivity (Wildman–Crippen MR) is 236 cm³/mol. The van der Waals surface area contributed by atoms with Crippen LogP contribution in [0.1, 0.15) is 59.1 Å². The third-order valence-electron chi connectivity index (χ3n) is 13.3. The fourth-order valence-corrected chi connectivity index (χ4v) is 12.5. The van der Waals surface area contributed by atoms with E-state index in [-0.39, 0.29) is 5.41 Å². The fraction of sp³-hybridized carbons (Fsp3) is 0.111. The lowest BCUT2D eigenvalue weighted by molar-refractivity contribution is 0.550. The number of nitrogens with zero attached hydrogens (tertiary/aromatic N) is 1. The third-order valence-corrected chi connectivity index (χ3v) is 14.6. The molecule has 1 heterocycles. The van der Waals surface area contributed by atoms with Crippen molar-refractivity contribution in [2.24, 2.45) is 0 Å². The average Bonchev–Trinajstić information content (AvgIpc) is 4.04. The van der Waals surface area contributed by atoms with Gasteiger partial charge in [0.2, 0.25) is 0 Å². The minimum atomic E-state index is -0.465. The molecule has 0 N–H and O–H groups in total. The Hall–Kier alpha value is -6.22. The van der Waals surface area contributed by atoms with Crippen LogP contribution in [0, 0.1) is 0 Å². The second-order valence-corrected chi connectivity index (χ2v) is 16.9. The van der Waals surface area contributed by atoms with Crippen molar-refractivity contribution in [3.05, 3.63) is 221 Å². The number of rotatable bonds is 5. The van der Waals surface area contributed by atoms with Crippen molar-refractivity contribution >= 4 is 48.6 Å². The van der Waals surface area contributed by atoms with Crippen LogP contribution < -0.4 is 4.90 Å². The Balaban J connectivity index is 1.16. The Labute approximate surface area is 332 Å². The molecule has 0 atom stereocenters. The number of anilines is 3. The lowest BCUT2D eigenvalue weighted by Crippen LogP contribution is -2.28. The topological polar surface area (TPSA) is 3.24 Å². The number of thiophene rings is 1. The van der Waals surface area contributed by atoms with Crippen LogP contribution in [0.15, 0.2) is 188 Å². The maximum absolute atomic E-state index is 2.56. The molecule has 0 saturated heterocycles. The van der Waals surface area contributed by atoms with Gasteiger partial charge in [0, 0.05) is 32.1 Å². The van der Waals surface area contributed by atoms with Crippen LogP contribution in [0.2, 0.25) is 0 Å². The Morgan fingerprint density at radius 1 is 0.393 bits per heavy atom. The first kappa shape index (κ1) is 32.1. The van der Waals surface area contributed by atoms with Crippen molar-refractivity contribution in [2.75, 3.05) is 4.90 Å². The van der Waals surface area contributed by atoms with Gasteiger partial charge in [-0.2, -0.15) is 0 Å². The van der Waals surface area contributed by atoms with E-state index in [1.807, 2.05) is 11.3 Å². The van der Waals surface area contributed by atoms with E-state index < -0.39 is 5.41 Å². The van der Waals surface area contributed by atoms with Gasteiger partial charge in [-0.1, -0.05) is 177 Å². The molecular weight excluding hydrogens is 695 g/mol. The van der Waals surface area contributed by atoms with Crippen molar-refractivity contribution in [2.45, 2.75) is 36.5 Å². The zero-order valence-electron chi connectivity index (χ0n) is 31.1. The summed E-state index contributed by atoms with van der Waals surface area (Å²) in [5.74, 6) is 0. The molecule has 0 bridgehead atoms. The molecule has 12 rings (SSSR count). The van der Waals surface area contributed by atoms with Gasteiger partial charge in [-0.3, -0.25) is 0 Å². The number of para-hydroxylation sites is 1. The van der Waals surface area contributed by atoms with E-state index in [2.05, 4.69) is 193 Å². The molecule has 0 radical (unpaired) electrons. The monoisotopic (exact) mass is 733 g/mol. The summed E-state index contributed by atoms with van der Waals surface area (Å²) >= 11 is 1.96. The molecule has 56 heavy (non-hydrogen) atoms. The smallest absolute Gasteiger partial charge is 0.0727 e. The summed E-state index contributed by atoms with van der Waals surface area (Å²) < 4.78 is 2.65. The normalized spacial score (nSPS) is 15.5. The summed E-state index contributed by atoms with van der Waals surface area (Å²) in [5.41, 5.74) is 17.1. The zero-order valence-corrected chi connectivity index (χ0v) is 31.9.